The Morgan fingerprint density at radius 2 is 1.52 bits per heavy atom. The number of amides is 6. The number of carbonyl (C=O) groups is 8. The van der Waals surface area contributed by atoms with Crippen molar-refractivity contribution in [2.24, 2.45) is 16.8 Å². The van der Waals surface area contributed by atoms with Crippen molar-refractivity contribution in [3.63, 3.8) is 0 Å². The Morgan fingerprint density at radius 1 is 0.778 bits per heavy atom. The molecule has 10 rings (SSSR count). The van der Waals surface area contributed by atoms with Gasteiger partial charge in [0.05, 0.1) is 59.9 Å². The molecular formula is C59H61N13O13S5. The highest BCUT2D eigenvalue weighted by Crippen LogP contribution is 2.40. The molecule has 6 aromatic heterocycles. The highest BCUT2D eigenvalue weighted by molar-refractivity contribution is 7.14. The maximum atomic E-state index is 14.4. The largest absolute Gasteiger partial charge is 0.481 e. The fourth-order valence-corrected chi connectivity index (χ4v) is 14.8. The Kier molecular flexibility index (Phi) is 20.4. The molecule has 1 fully saturated rings. The number of carboxylic acid groups (broad SMARTS) is 2. The van der Waals surface area contributed by atoms with E-state index in [9.17, 15) is 53.7 Å². The Bertz CT molecular complexity index is 3950. The number of aliphatic hydroxyl groups is 1. The molecule has 90 heavy (non-hydrogen) atoms. The summed E-state index contributed by atoms with van der Waals surface area (Å²) in [6.45, 7) is 4.82. The first-order valence-electron chi connectivity index (χ1n) is 28.4. The molecule has 7 aromatic rings. The van der Waals surface area contributed by atoms with Crippen LogP contribution in [0, 0.1) is 18.8 Å². The second-order valence-electron chi connectivity index (χ2n) is 21.5. The molecule has 10 bridgehead atoms. The number of benzene rings is 1. The van der Waals surface area contributed by atoms with E-state index in [1.54, 1.807) is 65.5 Å². The van der Waals surface area contributed by atoms with Crippen LogP contribution in [0.25, 0.3) is 38.4 Å². The number of nitrogens with one attached hydrogen (secondary N) is 5. The standard InChI is InChI=1S/C59H61N13O13S5/c1-27(2)44-57-71-48(39(90-57)23-84-5)51(79)61-22-42(74)68-47(49(77)29-10-7-6-8-11-29)33-17-18-34(62-33)54-65-37(24-87-54)46-32(53-66-38(25-86-53)50(78)64-36(21-41(73)60-4)56-70-45(28(3)89-56)52(80)69-44)15-16-35(63-46)55-67-40(26-88-55)72(19-9-12-43(75)76)59(83)85-31-14-13-30(20-31)58(81)82/h6-8,10-11,15-16,18,24-27,30-31,36,44,47,49,77H,9,12-14,17,19-23H2,1-5H3,(H,60,73)(H,61,79)(H,64,78)(H,68,74)(H,69,80)(H,75,76)(H,81,82)/t30-,31-,36-,44?,47+,49-/m0/s1. The number of ether oxygens (including phenoxy) is 2. The maximum Gasteiger partial charge on any atom is 0.415 e. The van der Waals surface area contributed by atoms with E-state index in [1.807, 2.05) is 19.9 Å². The number of methoxy groups -OCH3 is 1. The number of pyridine rings is 1. The van der Waals surface area contributed by atoms with Gasteiger partial charge in [-0.05, 0) is 62.3 Å². The van der Waals surface area contributed by atoms with Gasteiger partial charge in [0.1, 0.15) is 71.5 Å². The number of nitrogens with zero attached hydrogens (tertiary/aromatic N) is 8. The maximum absolute atomic E-state index is 14.4. The van der Waals surface area contributed by atoms with Gasteiger partial charge < -0.3 is 51.4 Å². The van der Waals surface area contributed by atoms with E-state index < -0.39 is 90.4 Å². The average Bonchev–Trinajstić information content (AvgIpc) is 1.82. The molecule has 0 radical (unpaired) electrons. The van der Waals surface area contributed by atoms with Gasteiger partial charge >= 0.3 is 18.0 Å². The second kappa shape index (κ2) is 28.5. The zero-order valence-electron chi connectivity index (χ0n) is 49.0. The Labute approximate surface area is 534 Å². The lowest BCUT2D eigenvalue weighted by atomic mass is 9.97. The number of anilines is 1. The molecule has 1 saturated carbocycles. The van der Waals surface area contributed by atoms with E-state index in [2.05, 4.69) is 31.6 Å². The van der Waals surface area contributed by atoms with Gasteiger partial charge in [0.2, 0.25) is 11.8 Å². The first-order chi connectivity index (χ1) is 43.2. The van der Waals surface area contributed by atoms with E-state index in [-0.39, 0.29) is 79.1 Å². The van der Waals surface area contributed by atoms with Gasteiger partial charge in [0.15, 0.2) is 0 Å². The highest BCUT2D eigenvalue weighted by atomic mass is 32.1. The molecule has 6 amide bonds. The molecule has 0 saturated heterocycles. The third-order valence-corrected chi connectivity index (χ3v) is 19.6. The zero-order chi connectivity index (χ0) is 63.9. The molecular weight excluding hydrogens is 1260 g/mol. The summed E-state index contributed by atoms with van der Waals surface area (Å²) in [5.74, 6) is -5.82. The van der Waals surface area contributed by atoms with Crippen molar-refractivity contribution in [2.75, 3.05) is 32.1 Å². The molecule has 1 unspecified atom stereocenters. The summed E-state index contributed by atoms with van der Waals surface area (Å²) in [4.78, 5) is 143. The van der Waals surface area contributed by atoms with E-state index in [1.165, 1.54) is 30.4 Å². The number of allylic oxidation sites excluding steroid dienone is 1. The fraction of sp³-hybridized carbons (Fsp3) is 0.373. The van der Waals surface area contributed by atoms with Crippen molar-refractivity contribution < 1.29 is 63.1 Å². The molecule has 31 heteroatoms. The van der Waals surface area contributed by atoms with Crippen molar-refractivity contribution in [1.29, 1.82) is 0 Å². The molecule has 26 nitrogen and oxygen atoms in total. The normalized spacial score (nSPS) is 19.2. The van der Waals surface area contributed by atoms with Crippen LogP contribution < -0.4 is 31.5 Å². The lowest BCUT2D eigenvalue weighted by Crippen LogP contribution is -2.48. The summed E-state index contributed by atoms with van der Waals surface area (Å²) in [6, 6.07) is 9.28. The molecule has 1 aromatic carbocycles. The van der Waals surface area contributed by atoms with Gasteiger partial charge in [0.25, 0.3) is 17.7 Å². The lowest BCUT2D eigenvalue weighted by molar-refractivity contribution is -0.141. The Balaban J connectivity index is 1.04. The van der Waals surface area contributed by atoms with E-state index in [0.717, 1.165) is 45.3 Å². The first-order valence-corrected chi connectivity index (χ1v) is 32.7. The minimum Gasteiger partial charge on any atom is -0.481 e. The predicted octanol–water partition coefficient (Wildman–Crippen LogP) is 7.76. The fourth-order valence-electron chi connectivity index (χ4n) is 10.2. The summed E-state index contributed by atoms with van der Waals surface area (Å²) in [6.07, 6.45) is -0.391. The summed E-state index contributed by atoms with van der Waals surface area (Å²) in [7, 11) is 2.92. The number of hydrogen-bond acceptors (Lipinski definition) is 23. The Morgan fingerprint density at radius 3 is 2.26 bits per heavy atom. The van der Waals surface area contributed by atoms with Crippen LogP contribution in [-0.2, 0) is 35.3 Å². The summed E-state index contributed by atoms with van der Waals surface area (Å²) in [5, 5.41) is 51.8. The van der Waals surface area contributed by atoms with Gasteiger partial charge in [0, 0.05) is 65.8 Å². The van der Waals surface area contributed by atoms with Crippen LogP contribution in [0.1, 0.15) is 139 Å². The van der Waals surface area contributed by atoms with Crippen molar-refractivity contribution in [3.05, 3.63) is 112 Å². The van der Waals surface area contributed by atoms with Crippen molar-refractivity contribution in [3.8, 4) is 32.7 Å². The van der Waals surface area contributed by atoms with E-state index >= 15 is 0 Å². The number of aliphatic hydroxyl groups excluding tert-OH is 1. The number of aliphatic carboxylic acids is 2. The number of thiazole rings is 5. The van der Waals surface area contributed by atoms with Gasteiger partial charge in [-0.3, -0.25) is 43.5 Å². The van der Waals surface area contributed by atoms with E-state index in [4.69, 9.17) is 39.4 Å². The number of fused-ring (bicyclic) bond motifs is 13. The van der Waals surface area contributed by atoms with E-state index in [0.29, 0.717) is 82.2 Å². The van der Waals surface area contributed by atoms with Gasteiger partial charge in [-0.2, -0.15) is 0 Å². The second-order valence-corrected chi connectivity index (χ2v) is 26.4. The number of carboxylic acids is 2. The van der Waals surface area contributed by atoms with Crippen molar-refractivity contribution in [2.45, 2.75) is 103 Å². The summed E-state index contributed by atoms with van der Waals surface area (Å²) < 4.78 is 11.2. The van der Waals surface area contributed by atoms with Gasteiger partial charge in [-0.25, -0.2) is 34.7 Å². The monoisotopic (exact) mass is 1320 g/mol. The van der Waals surface area contributed by atoms with Crippen LogP contribution in [0.3, 0.4) is 0 Å². The van der Waals surface area contributed by atoms with Crippen molar-refractivity contribution in [1.82, 2.24) is 56.5 Å². The highest BCUT2D eigenvalue weighted by Gasteiger charge is 2.36. The quantitative estimate of drug-likeness (QED) is 0.0486. The van der Waals surface area contributed by atoms with Gasteiger partial charge in [-0.15, -0.1) is 56.7 Å². The average molecular weight is 1320 g/mol. The number of aryl methyl sites for hydroxylation is 1. The predicted molar refractivity (Wildman–Crippen MR) is 336 cm³/mol. The molecule has 6 atom stereocenters. The molecule has 470 valence electrons. The summed E-state index contributed by atoms with van der Waals surface area (Å²) in [5.41, 5.74) is 2.72. The zero-order valence-corrected chi connectivity index (χ0v) is 53.1. The van der Waals surface area contributed by atoms with Crippen LogP contribution in [0.15, 0.2) is 69.7 Å². The number of carbonyl (C=O) groups excluding carboxylic acids is 6. The number of rotatable bonds is 15. The van der Waals surface area contributed by atoms with Crippen LogP contribution in [0.2, 0.25) is 0 Å². The van der Waals surface area contributed by atoms with Crippen LogP contribution in [-0.4, -0.2) is 138 Å². The Hall–Kier alpha value is -8.59. The van der Waals surface area contributed by atoms with Crippen LogP contribution >= 0.6 is 56.7 Å². The minimum atomic E-state index is -1.29. The number of hydrogen-bond donors (Lipinski definition) is 8. The van der Waals surface area contributed by atoms with Crippen LogP contribution in [0.5, 0.6) is 0 Å². The molecule has 8 N–H and O–H groups in total. The SMILES string of the molecule is CNC(=O)C[C@@H]1NC(=O)c2csc(n2)-c2ccc(-c3nc(N(CCCC(=O)O)C(=O)O[C@H]4CC[C@H](C(=O)O)C4)cs3)nc2-c2csc(n2)C2=CCC(=N2)[C@H]([C@@H](O)c2ccccc2)NC(=O)CNC(=O)c2nc(sc2COC)C(C(C)C)NC(=O)c2nc1sc2C. The number of aliphatic imine (C=N–C) groups is 1. The van der Waals surface area contributed by atoms with Crippen molar-refractivity contribution >= 4 is 121 Å². The molecule has 2 aliphatic heterocycles. The first kappa shape index (κ1) is 64.4. The van der Waals surface area contributed by atoms with Crippen LogP contribution in [0.4, 0.5) is 10.6 Å². The molecule has 1 aliphatic carbocycles. The minimum absolute atomic E-state index is 0.0130. The number of aromatic nitrogens is 6. The smallest absolute Gasteiger partial charge is 0.415 e. The third kappa shape index (κ3) is 14.8. The molecule has 0 spiro atoms. The molecule has 3 aliphatic rings. The lowest BCUT2D eigenvalue weighted by Gasteiger charge is -2.25. The third-order valence-electron chi connectivity index (χ3n) is 14.8. The summed E-state index contributed by atoms with van der Waals surface area (Å²) >= 11 is 5.79. The molecule has 8 heterocycles. The topological polar surface area (TPSA) is 369 Å². The van der Waals surface area contributed by atoms with Gasteiger partial charge in [-0.1, -0.05) is 44.2 Å².